The molecule has 4 nitrogen and oxygen atoms in total. The average molecular weight is 262 g/mol. The maximum atomic E-state index is 5.66. The molecule has 2 rings (SSSR count). The van der Waals surface area contributed by atoms with Gasteiger partial charge in [0.1, 0.15) is 12.1 Å². The van der Waals surface area contributed by atoms with Gasteiger partial charge in [0.25, 0.3) is 0 Å². The highest BCUT2D eigenvalue weighted by molar-refractivity contribution is 5.49. The van der Waals surface area contributed by atoms with Gasteiger partial charge in [0.2, 0.25) is 0 Å². The van der Waals surface area contributed by atoms with Gasteiger partial charge in [-0.15, -0.1) is 0 Å². The molecule has 0 amide bonds. The fourth-order valence-electron chi connectivity index (χ4n) is 2.80. The molecule has 1 aromatic rings. The first kappa shape index (κ1) is 14.3. The lowest BCUT2D eigenvalue weighted by atomic mass is 10.1. The SMILES string of the molecule is CC(C)N(CCCN)c1ncnc2c1CCCCC2. The predicted octanol–water partition coefficient (Wildman–Crippen LogP) is 2.31. The summed E-state index contributed by atoms with van der Waals surface area (Å²) in [5.41, 5.74) is 8.30. The number of hydrogen-bond acceptors (Lipinski definition) is 4. The van der Waals surface area contributed by atoms with E-state index in [4.69, 9.17) is 5.73 Å². The quantitative estimate of drug-likeness (QED) is 0.827. The van der Waals surface area contributed by atoms with Crippen molar-refractivity contribution in [3.63, 3.8) is 0 Å². The monoisotopic (exact) mass is 262 g/mol. The highest BCUT2D eigenvalue weighted by Crippen LogP contribution is 2.27. The molecule has 1 aliphatic rings. The van der Waals surface area contributed by atoms with E-state index in [2.05, 4.69) is 28.7 Å². The summed E-state index contributed by atoms with van der Waals surface area (Å²) in [6.07, 6.45) is 8.80. The first-order valence-electron chi connectivity index (χ1n) is 7.53. The third-order valence-electron chi connectivity index (χ3n) is 3.85. The van der Waals surface area contributed by atoms with E-state index >= 15 is 0 Å². The Morgan fingerprint density at radius 3 is 2.74 bits per heavy atom. The van der Waals surface area contributed by atoms with Crippen molar-refractivity contribution >= 4 is 5.82 Å². The molecule has 106 valence electrons. The molecule has 0 bridgehead atoms. The number of anilines is 1. The van der Waals surface area contributed by atoms with Crippen molar-refractivity contribution in [3.05, 3.63) is 17.6 Å². The number of rotatable bonds is 5. The number of hydrogen-bond donors (Lipinski definition) is 1. The Morgan fingerprint density at radius 2 is 2.00 bits per heavy atom. The molecule has 1 aromatic heterocycles. The van der Waals surface area contributed by atoms with Crippen LogP contribution in [0.4, 0.5) is 5.82 Å². The third kappa shape index (κ3) is 3.44. The highest BCUT2D eigenvalue weighted by Gasteiger charge is 2.20. The lowest BCUT2D eigenvalue weighted by Crippen LogP contribution is -2.34. The zero-order valence-electron chi connectivity index (χ0n) is 12.2. The van der Waals surface area contributed by atoms with Crippen molar-refractivity contribution in [2.24, 2.45) is 5.73 Å². The van der Waals surface area contributed by atoms with E-state index in [0.717, 1.165) is 38.2 Å². The van der Waals surface area contributed by atoms with Crippen molar-refractivity contribution in [1.82, 2.24) is 9.97 Å². The van der Waals surface area contributed by atoms with E-state index in [1.807, 2.05) is 0 Å². The van der Waals surface area contributed by atoms with E-state index < -0.39 is 0 Å². The minimum Gasteiger partial charge on any atom is -0.354 e. The minimum absolute atomic E-state index is 0.453. The van der Waals surface area contributed by atoms with E-state index in [0.29, 0.717) is 6.04 Å². The molecule has 2 N–H and O–H groups in total. The van der Waals surface area contributed by atoms with Crippen LogP contribution in [-0.2, 0) is 12.8 Å². The molecular weight excluding hydrogens is 236 g/mol. The van der Waals surface area contributed by atoms with Crippen LogP contribution in [0.1, 0.15) is 50.8 Å². The summed E-state index contributed by atoms with van der Waals surface area (Å²) in [7, 11) is 0. The topological polar surface area (TPSA) is 55.0 Å². The molecule has 0 saturated heterocycles. The van der Waals surface area contributed by atoms with Gasteiger partial charge in [-0.1, -0.05) is 6.42 Å². The van der Waals surface area contributed by atoms with Crippen LogP contribution in [0.25, 0.3) is 0 Å². The van der Waals surface area contributed by atoms with Crippen LogP contribution in [0.5, 0.6) is 0 Å². The van der Waals surface area contributed by atoms with E-state index in [1.54, 1.807) is 6.33 Å². The molecule has 1 aliphatic carbocycles. The maximum Gasteiger partial charge on any atom is 0.135 e. The van der Waals surface area contributed by atoms with Gasteiger partial charge in [-0.05, 0) is 52.5 Å². The molecule has 0 aromatic carbocycles. The lowest BCUT2D eigenvalue weighted by Gasteiger charge is -2.30. The molecule has 4 heteroatoms. The summed E-state index contributed by atoms with van der Waals surface area (Å²) in [6, 6.07) is 0.453. The van der Waals surface area contributed by atoms with Crippen molar-refractivity contribution in [2.75, 3.05) is 18.0 Å². The van der Waals surface area contributed by atoms with Gasteiger partial charge >= 0.3 is 0 Å². The Hall–Kier alpha value is -1.16. The Morgan fingerprint density at radius 1 is 1.21 bits per heavy atom. The summed E-state index contributed by atoms with van der Waals surface area (Å²) >= 11 is 0. The van der Waals surface area contributed by atoms with E-state index in [9.17, 15) is 0 Å². The van der Waals surface area contributed by atoms with Crippen LogP contribution < -0.4 is 10.6 Å². The fraction of sp³-hybridized carbons (Fsp3) is 0.733. The number of aromatic nitrogens is 2. The number of fused-ring (bicyclic) bond motifs is 1. The second-order valence-electron chi connectivity index (χ2n) is 5.61. The largest absolute Gasteiger partial charge is 0.354 e. The van der Waals surface area contributed by atoms with E-state index in [-0.39, 0.29) is 0 Å². The number of nitrogens with two attached hydrogens (primary N) is 1. The predicted molar refractivity (Wildman–Crippen MR) is 79.4 cm³/mol. The van der Waals surface area contributed by atoms with Gasteiger partial charge in [0.15, 0.2) is 0 Å². The smallest absolute Gasteiger partial charge is 0.135 e. The maximum absolute atomic E-state index is 5.66. The summed E-state index contributed by atoms with van der Waals surface area (Å²) in [4.78, 5) is 11.5. The van der Waals surface area contributed by atoms with Crippen LogP contribution in [-0.4, -0.2) is 29.1 Å². The summed E-state index contributed by atoms with van der Waals surface area (Å²) in [5, 5.41) is 0. The van der Waals surface area contributed by atoms with Crippen LogP contribution in [0.3, 0.4) is 0 Å². The molecule has 0 unspecified atom stereocenters. The molecule has 0 atom stereocenters. The molecule has 19 heavy (non-hydrogen) atoms. The van der Waals surface area contributed by atoms with Crippen molar-refractivity contribution in [2.45, 2.75) is 58.4 Å². The van der Waals surface area contributed by atoms with Gasteiger partial charge in [-0.2, -0.15) is 0 Å². The van der Waals surface area contributed by atoms with Crippen molar-refractivity contribution in [1.29, 1.82) is 0 Å². The standard InChI is InChI=1S/C15H26N4/c1-12(2)19(10-6-9-16)15-13-7-4-3-5-8-14(13)17-11-18-15/h11-12H,3-10,16H2,1-2H3. The Bertz CT molecular complexity index is 403. The van der Waals surface area contributed by atoms with Crippen molar-refractivity contribution in [3.8, 4) is 0 Å². The van der Waals surface area contributed by atoms with Gasteiger partial charge in [0.05, 0.1) is 0 Å². The summed E-state index contributed by atoms with van der Waals surface area (Å²) in [5.74, 6) is 1.15. The molecule has 0 fully saturated rings. The third-order valence-corrected chi connectivity index (χ3v) is 3.85. The first-order chi connectivity index (χ1) is 9.24. The van der Waals surface area contributed by atoms with Crippen LogP contribution in [0.2, 0.25) is 0 Å². The molecular formula is C15H26N4. The van der Waals surface area contributed by atoms with Crippen LogP contribution in [0.15, 0.2) is 6.33 Å². The Balaban J connectivity index is 2.31. The zero-order valence-corrected chi connectivity index (χ0v) is 12.2. The van der Waals surface area contributed by atoms with Crippen LogP contribution in [0, 0.1) is 0 Å². The Kier molecular flexibility index (Phi) is 5.14. The zero-order chi connectivity index (χ0) is 13.7. The highest BCUT2D eigenvalue weighted by atomic mass is 15.2. The second kappa shape index (κ2) is 6.85. The fourth-order valence-corrected chi connectivity index (χ4v) is 2.80. The van der Waals surface area contributed by atoms with Gasteiger partial charge in [-0.3, -0.25) is 0 Å². The van der Waals surface area contributed by atoms with Crippen molar-refractivity contribution < 1.29 is 0 Å². The molecule has 0 saturated carbocycles. The minimum atomic E-state index is 0.453. The number of nitrogens with zero attached hydrogens (tertiary/aromatic N) is 3. The molecule has 0 aliphatic heterocycles. The molecule has 0 spiro atoms. The van der Waals surface area contributed by atoms with E-state index in [1.165, 1.54) is 30.5 Å². The van der Waals surface area contributed by atoms with Gasteiger partial charge in [-0.25, -0.2) is 9.97 Å². The number of aryl methyl sites for hydroxylation is 1. The molecule has 0 radical (unpaired) electrons. The van der Waals surface area contributed by atoms with Crippen LogP contribution >= 0.6 is 0 Å². The molecule has 1 heterocycles. The average Bonchev–Trinajstić information content (AvgIpc) is 2.64. The van der Waals surface area contributed by atoms with Gasteiger partial charge < -0.3 is 10.6 Å². The first-order valence-corrected chi connectivity index (χ1v) is 7.53. The summed E-state index contributed by atoms with van der Waals surface area (Å²) < 4.78 is 0. The lowest BCUT2D eigenvalue weighted by molar-refractivity contribution is 0.641. The Labute approximate surface area is 116 Å². The van der Waals surface area contributed by atoms with Gasteiger partial charge in [0, 0.05) is 23.8 Å². The normalized spacial score (nSPS) is 15.2. The summed E-state index contributed by atoms with van der Waals surface area (Å²) in [6.45, 7) is 6.16. The second-order valence-corrected chi connectivity index (χ2v) is 5.61.